The van der Waals surface area contributed by atoms with Gasteiger partial charge >= 0.3 is 0 Å². The summed E-state index contributed by atoms with van der Waals surface area (Å²) in [5.74, 6) is 0. The lowest BCUT2D eigenvalue weighted by atomic mass is 9.97. The number of nitrogens with one attached hydrogen (secondary N) is 1. The van der Waals surface area contributed by atoms with Crippen LogP contribution in [0.15, 0.2) is 42.6 Å². The van der Waals surface area contributed by atoms with Crippen molar-refractivity contribution in [3.8, 4) is 0 Å². The lowest BCUT2D eigenvalue weighted by Crippen LogP contribution is -2.26. The van der Waals surface area contributed by atoms with Crippen LogP contribution in [-0.4, -0.2) is 11.5 Å². The standard InChI is InChI=1S/C19H26N2/c1-4-11-20-18(14-16-9-6-8-15(3)13-16)19-17(5-2)10-7-12-21-19/h6-10,12-13,18,20H,4-5,11,14H2,1-3H3. The first-order chi connectivity index (χ1) is 10.2. The number of aryl methyl sites for hydroxylation is 2. The molecule has 1 heterocycles. The molecule has 0 aliphatic carbocycles. The maximum Gasteiger partial charge on any atom is 0.0608 e. The van der Waals surface area contributed by atoms with Crippen molar-refractivity contribution in [2.45, 2.75) is 46.1 Å². The van der Waals surface area contributed by atoms with E-state index in [4.69, 9.17) is 0 Å². The molecule has 2 heteroatoms. The van der Waals surface area contributed by atoms with Gasteiger partial charge in [-0.2, -0.15) is 0 Å². The van der Waals surface area contributed by atoms with E-state index in [1.54, 1.807) is 0 Å². The van der Waals surface area contributed by atoms with Gasteiger partial charge < -0.3 is 5.32 Å². The molecule has 0 saturated heterocycles. The summed E-state index contributed by atoms with van der Waals surface area (Å²) in [7, 11) is 0. The first kappa shape index (κ1) is 15.7. The van der Waals surface area contributed by atoms with Crippen LogP contribution in [0.2, 0.25) is 0 Å². The SMILES string of the molecule is CCCNC(Cc1cccc(C)c1)c1ncccc1CC. The molecule has 2 aromatic rings. The van der Waals surface area contributed by atoms with Crippen LogP contribution in [0.25, 0.3) is 0 Å². The van der Waals surface area contributed by atoms with Crippen molar-refractivity contribution >= 4 is 0 Å². The van der Waals surface area contributed by atoms with Crippen LogP contribution in [0.3, 0.4) is 0 Å². The fraction of sp³-hybridized carbons (Fsp3) is 0.421. The predicted octanol–water partition coefficient (Wildman–Crippen LogP) is 4.24. The molecule has 1 aromatic heterocycles. The van der Waals surface area contributed by atoms with Crippen LogP contribution in [0.4, 0.5) is 0 Å². The van der Waals surface area contributed by atoms with E-state index in [1.165, 1.54) is 22.4 Å². The lowest BCUT2D eigenvalue weighted by molar-refractivity contribution is 0.514. The number of aromatic nitrogens is 1. The molecule has 1 N–H and O–H groups in total. The molecule has 0 spiro atoms. The van der Waals surface area contributed by atoms with E-state index in [9.17, 15) is 0 Å². The molecular formula is C19H26N2. The van der Waals surface area contributed by atoms with E-state index < -0.39 is 0 Å². The Hall–Kier alpha value is -1.67. The summed E-state index contributed by atoms with van der Waals surface area (Å²) in [6, 6.07) is 13.3. The van der Waals surface area contributed by atoms with Gasteiger partial charge in [0, 0.05) is 6.20 Å². The average Bonchev–Trinajstić information content (AvgIpc) is 2.51. The van der Waals surface area contributed by atoms with Gasteiger partial charge in [-0.15, -0.1) is 0 Å². The second-order valence-corrected chi connectivity index (χ2v) is 5.60. The van der Waals surface area contributed by atoms with Crippen LogP contribution in [0, 0.1) is 6.92 Å². The van der Waals surface area contributed by atoms with Gasteiger partial charge in [-0.3, -0.25) is 4.98 Å². The summed E-state index contributed by atoms with van der Waals surface area (Å²) in [4.78, 5) is 4.66. The van der Waals surface area contributed by atoms with Crippen molar-refractivity contribution in [2.75, 3.05) is 6.54 Å². The number of pyridine rings is 1. The summed E-state index contributed by atoms with van der Waals surface area (Å²) >= 11 is 0. The highest BCUT2D eigenvalue weighted by molar-refractivity contribution is 5.28. The van der Waals surface area contributed by atoms with E-state index in [0.29, 0.717) is 6.04 Å². The van der Waals surface area contributed by atoms with Crippen molar-refractivity contribution in [3.63, 3.8) is 0 Å². The molecule has 1 unspecified atom stereocenters. The molecule has 1 aromatic carbocycles. The molecule has 2 rings (SSSR count). The molecule has 0 saturated carbocycles. The van der Waals surface area contributed by atoms with E-state index in [2.05, 4.69) is 61.4 Å². The Kier molecular flexibility index (Phi) is 5.94. The molecule has 0 fully saturated rings. The van der Waals surface area contributed by atoms with Crippen LogP contribution in [-0.2, 0) is 12.8 Å². The zero-order chi connectivity index (χ0) is 15.1. The van der Waals surface area contributed by atoms with Gasteiger partial charge in [-0.1, -0.05) is 49.7 Å². The maximum atomic E-state index is 4.66. The molecule has 21 heavy (non-hydrogen) atoms. The van der Waals surface area contributed by atoms with Crippen LogP contribution < -0.4 is 5.32 Å². The number of nitrogens with zero attached hydrogens (tertiary/aromatic N) is 1. The molecule has 1 atom stereocenters. The molecule has 0 amide bonds. The van der Waals surface area contributed by atoms with Crippen LogP contribution >= 0.6 is 0 Å². The Bertz CT molecular complexity index is 563. The van der Waals surface area contributed by atoms with Crippen LogP contribution in [0.1, 0.15) is 48.7 Å². The Morgan fingerprint density at radius 3 is 2.71 bits per heavy atom. The summed E-state index contributed by atoms with van der Waals surface area (Å²) < 4.78 is 0. The van der Waals surface area contributed by atoms with Crippen molar-refractivity contribution in [1.82, 2.24) is 10.3 Å². The summed E-state index contributed by atoms with van der Waals surface area (Å²) in [5, 5.41) is 3.67. The fourth-order valence-electron chi connectivity index (χ4n) is 2.72. The highest BCUT2D eigenvalue weighted by atomic mass is 14.9. The Morgan fingerprint density at radius 1 is 1.14 bits per heavy atom. The number of hydrogen-bond acceptors (Lipinski definition) is 2. The molecule has 2 nitrogen and oxygen atoms in total. The average molecular weight is 282 g/mol. The minimum atomic E-state index is 0.294. The van der Waals surface area contributed by atoms with Gasteiger partial charge in [0.15, 0.2) is 0 Å². The van der Waals surface area contributed by atoms with E-state index in [-0.39, 0.29) is 0 Å². The number of rotatable bonds is 7. The van der Waals surface area contributed by atoms with Gasteiger partial charge in [-0.25, -0.2) is 0 Å². The third-order valence-corrected chi connectivity index (χ3v) is 3.80. The topological polar surface area (TPSA) is 24.9 Å². The van der Waals surface area contributed by atoms with Crippen molar-refractivity contribution in [2.24, 2.45) is 0 Å². The third kappa shape index (κ3) is 4.40. The molecular weight excluding hydrogens is 256 g/mol. The minimum absolute atomic E-state index is 0.294. The fourth-order valence-corrected chi connectivity index (χ4v) is 2.72. The molecule has 0 bridgehead atoms. The van der Waals surface area contributed by atoms with Gasteiger partial charge in [-0.05, 0) is 49.9 Å². The van der Waals surface area contributed by atoms with Gasteiger partial charge in [0.2, 0.25) is 0 Å². The monoisotopic (exact) mass is 282 g/mol. The zero-order valence-electron chi connectivity index (χ0n) is 13.4. The first-order valence-corrected chi connectivity index (χ1v) is 7.97. The highest BCUT2D eigenvalue weighted by Gasteiger charge is 2.16. The normalized spacial score (nSPS) is 12.3. The lowest BCUT2D eigenvalue weighted by Gasteiger charge is -2.21. The highest BCUT2D eigenvalue weighted by Crippen LogP contribution is 2.21. The van der Waals surface area contributed by atoms with Gasteiger partial charge in [0.1, 0.15) is 0 Å². The Morgan fingerprint density at radius 2 is 2.00 bits per heavy atom. The quantitative estimate of drug-likeness (QED) is 0.821. The molecule has 0 radical (unpaired) electrons. The van der Waals surface area contributed by atoms with Gasteiger partial charge in [0.25, 0.3) is 0 Å². The van der Waals surface area contributed by atoms with E-state index in [0.717, 1.165) is 25.8 Å². The van der Waals surface area contributed by atoms with E-state index >= 15 is 0 Å². The first-order valence-electron chi connectivity index (χ1n) is 7.97. The van der Waals surface area contributed by atoms with Crippen molar-refractivity contribution < 1.29 is 0 Å². The van der Waals surface area contributed by atoms with Gasteiger partial charge in [0.05, 0.1) is 11.7 Å². The predicted molar refractivity (Wildman–Crippen MR) is 89.5 cm³/mol. The van der Waals surface area contributed by atoms with E-state index in [1.807, 2.05) is 12.3 Å². The minimum Gasteiger partial charge on any atom is -0.308 e. The molecule has 0 aliphatic heterocycles. The summed E-state index contributed by atoms with van der Waals surface area (Å²) in [6.07, 6.45) is 5.07. The van der Waals surface area contributed by atoms with Crippen molar-refractivity contribution in [3.05, 3.63) is 65.0 Å². The second kappa shape index (κ2) is 7.94. The smallest absolute Gasteiger partial charge is 0.0608 e. The largest absolute Gasteiger partial charge is 0.308 e. The molecule has 0 aliphatic rings. The summed E-state index contributed by atoms with van der Waals surface area (Å²) in [5.41, 5.74) is 5.24. The van der Waals surface area contributed by atoms with Crippen LogP contribution in [0.5, 0.6) is 0 Å². The summed E-state index contributed by atoms with van der Waals surface area (Å²) in [6.45, 7) is 7.58. The molecule has 112 valence electrons. The Labute approximate surface area is 128 Å². The second-order valence-electron chi connectivity index (χ2n) is 5.60. The zero-order valence-corrected chi connectivity index (χ0v) is 13.4. The van der Waals surface area contributed by atoms with Crippen molar-refractivity contribution in [1.29, 1.82) is 0 Å². The maximum absolute atomic E-state index is 4.66. The number of hydrogen-bond donors (Lipinski definition) is 1. The Balaban J connectivity index is 2.25. The third-order valence-electron chi connectivity index (χ3n) is 3.80. The number of benzene rings is 1.